The Kier molecular flexibility index (Phi) is 4.89. The summed E-state index contributed by atoms with van der Waals surface area (Å²) >= 11 is 0. The Hall–Kier alpha value is -0.965. The van der Waals surface area contributed by atoms with Gasteiger partial charge in [-0.25, -0.2) is 4.79 Å². The summed E-state index contributed by atoms with van der Waals surface area (Å²) in [6, 6.07) is 0. The topological polar surface area (TPSA) is 50.4 Å². The van der Waals surface area contributed by atoms with Crippen molar-refractivity contribution in [3.05, 3.63) is 11.6 Å². The van der Waals surface area contributed by atoms with E-state index >= 15 is 0 Å². The van der Waals surface area contributed by atoms with Crippen molar-refractivity contribution >= 4 is 14.1 Å². The van der Waals surface area contributed by atoms with Crippen molar-refractivity contribution in [2.45, 2.75) is 63.9 Å². The predicted molar refractivity (Wildman–Crippen MR) is 97.0 cm³/mol. The number of carbonyl (C=O) groups is 1. The highest BCUT2D eigenvalue weighted by Crippen LogP contribution is 2.56. The third kappa shape index (κ3) is 3.12. The maximum absolute atomic E-state index is 11.8. The van der Waals surface area contributed by atoms with Gasteiger partial charge in [0.2, 0.25) is 0 Å². The quantitative estimate of drug-likeness (QED) is 0.475. The first-order chi connectivity index (χ1) is 11.8. The lowest BCUT2D eigenvalue weighted by Crippen LogP contribution is -2.42. The van der Waals surface area contributed by atoms with E-state index < -0.39 is 0 Å². The van der Waals surface area contributed by atoms with E-state index in [0.29, 0.717) is 6.67 Å². The molecule has 0 aromatic heterocycles. The molecule has 2 N–H and O–H groups in total. The highest BCUT2D eigenvalue weighted by Gasteiger charge is 2.47. The van der Waals surface area contributed by atoms with Crippen LogP contribution in [0.3, 0.4) is 0 Å². The van der Waals surface area contributed by atoms with Crippen LogP contribution >= 0.6 is 0 Å². The fourth-order valence-corrected chi connectivity index (χ4v) is 6.31. The molecular weight excluding hydrogens is 299 g/mol. The molecule has 0 spiro atoms. The Morgan fingerprint density at radius 2 is 2.04 bits per heavy atom. The predicted octanol–water partition coefficient (Wildman–Crippen LogP) is 2.75. The van der Waals surface area contributed by atoms with Crippen LogP contribution in [0.4, 0.5) is 4.79 Å². The summed E-state index contributed by atoms with van der Waals surface area (Å²) < 4.78 is 5.62. The number of hydrogen-bond acceptors (Lipinski definition) is 3. The second-order valence-electron chi connectivity index (χ2n) is 8.40. The van der Waals surface area contributed by atoms with Crippen molar-refractivity contribution in [3.63, 3.8) is 0 Å². The van der Waals surface area contributed by atoms with Crippen molar-refractivity contribution in [1.29, 1.82) is 0 Å². The molecule has 0 bridgehead atoms. The van der Waals surface area contributed by atoms with Crippen LogP contribution in [0.5, 0.6) is 0 Å². The molecule has 0 aromatic rings. The first kappa shape index (κ1) is 16.5. The fourth-order valence-electron chi connectivity index (χ4n) is 6.31. The van der Waals surface area contributed by atoms with Crippen LogP contribution in [0.25, 0.3) is 0 Å². The molecule has 4 rings (SSSR count). The lowest BCUT2D eigenvalue weighted by molar-refractivity contribution is 0.0344. The first-order valence-corrected chi connectivity index (χ1v) is 10.0. The molecule has 3 saturated carbocycles. The third-order valence-electron chi connectivity index (χ3n) is 7.28. The lowest BCUT2D eigenvalue weighted by atomic mass is 9.57. The molecule has 24 heavy (non-hydrogen) atoms. The van der Waals surface area contributed by atoms with Gasteiger partial charge < -0.3 is 15.3 Å². The van der Waals surface area contributed by atoms with Crippen LogP contribution in [0, 0.1) is 29.6 Å². The largest absolute Gasteiger partial charge is 0.446 e. The lowest BCUT2D eigenvalue weighted by Gasteiger charge is -2.49. The summed E-state index contributed by atoms with van der Waals surface area (Å²) in [5.74, 6) is 4.71. The van der Waals surface area contributed by atoms with Crippen molar-refractivity contribution in [2.24, 2.45) is 29.6 Å². The van der Waals surface area contributed by atoms with Crippen LogP contribution < -0.4 is 10.5 Å². The Bertz CT molecular complexity index is 510. The van der Waals surface area contributed by atoms with E-state index in [1.54, 1.807) is 5.57 Å². The zero-order chi connectivity index (χ0) is 16.5. The number of rotatable bonds is 3. The van der Waals surface area contributed by atoms with E-state index in [0.717, 1.165) is 42.4 Å². The van der Waals surface area contributed by atoms with E-state index in [1.807, 2.05) is 7.98 Å². The highest BCUT2D eigenvalue weighted by atomic mass is 16.6. The first-order valence-electron chi connectivity index (χ1n) is 10.0. The molecule has 4 nitrogen and oxygen atoms in total. The average molecular weight is 330 g/mol. The fraction of sp³-hybridized carbons (Fsp3) is 0.842. The van der Waals surface area contributed by atoms with Gasteiger partial charge in [-0.2, -0.15) is 0 Å². The second-order valence-corrected chi connectivity index (χ2v) is 8.40. The highest BCUT2D eigenvalue weighted by molar-refractivity contribution is 6.04. The van der Waals surface area contributed by atoms with Gasteiger partial charge in [0.15, 0.2) is 7.98 Å². The molecule has 0 saturated heterocycles. The number of carbonyl (C=O) groups excluding carboxylic acids is 1. The van der Waals surface area contributed by atoms with Crippen molar-refractivity contribution in [2.75, 3.05) is 6.67 Å². The average Bonchev–Trinajstić information content (AvgIpc) is 3.08. The molecule has 4 aliphatic rings. The molecule has 6 unspecified atom stereocenters. The normalized spacial score (nSPS) is 40.8. The molecule has 0 aromatic carbocycles. The van der Waals surface area contributed by atoms with Crippen LogP contribution in [0.15, 0.2) is 11.6 Å². The van der Waals surface area contributed by atoms with Gasteiger partial charge in [-0.15, -0.1) is 0 Å². The van der Waals surface area contributed by atoms with Gasteiger partial charge in [0, 0.05) is 6.42 Å². The number of nitrogens with one attached hydrogen (secondary N) is 2. The molecule has 0 aliphatic heterocycles. The van der Waals surface area contributed by atoms with Gasteiger partial charge in [-0.1, -0.05) is 24.5 Å². The van der Waals surface area contributed by atoms with Crippen LogP contribution in [0.1, 0.15) is 57.8 Å². The molecule has 6 atom stereocenters. The minimum absolute atomic E-state index is 0.0729. The minimum atomic E-state index is -0.284. The van der Waals surface area contributed by atoms with E-state index in [-0.39, 0.29) is 12.2 Å². The van der Waals surface area contributed by atoms with E-state index in [4.69, 9.17) is 4.74 Å². The van der Waals surface area contributed by atoms with E-state index in [2.05, 4.69) is 16.6 Å². The molecule has 0 heterocycles. The summed E-state index contributed by atoms with van der Waals surface area (Å²) in [4.78, 5) is 11.8. The molecule has 1 amide bonds. The van der Waals surface area contributed by atoms with Crippen LogP contribution in [-0.2, 0) is 4.74 Å². The van der Waals surface area contributed by atoms with E-state index in [9.17, 15) is 4.79 Å². The number of allylic oxidation sites excluding steroid dienone is 1. The van der Waals surface area contributed by atoms with Crippen molar-refractivity contribution in [3.8, 4) is 0 Å². The van der Waals surface area contributed by atoms with Gasteiger partial charge in [0.05, 0.1) is 6.67 Å². The SMILES string of the molecule is BNCNC(=O)OC1CCC2C(=CCC3C4CCCC4CCC23)C1. The summed E-state index contributed by atoms with van der Waals surface area (Å²) in [6.07, 6.45) is 14.2. The van der Waals surface area contributed by atoms with Gasteiger partial charge in [0.1, 0.15) is 6.10 Å². The Labute approximate surface area is 146 Å². The summed E-state index contributed by atoms with van der Waals surface area (Å²) in [5, 5.41) is 5.64. The monoisotopic (exact) mass is 330 g/mol. The molecule has 4 aliphatic carbocycles. The standard InChI is InChI=1S/C19H31BN2O2/c20-22-11-21-19(23)24-14-6-9-16-13(10-14)5-8-17-15-3-1-2-12(15)4-7-18(16)17/h5,12,14-18,22H,1-4,6-11,20H2,(H,21,23). The number of hydrogen-bond donors (Lipinski definition) is 2. The zero-order valence-corrected chi connectivity index (χ0v) is 14.9. The van der Waals surface area contributed by atoms with Gasteiger partial charge >= 0.3 is 6.09 Å². The second kappa shape index (κ2) is 7.11. The number of amides is 1. The third-order valence-corrected chi connectivity index (χ3v) is 7.28. The van der Waals surface area contributed by atoms with Crippen molar-refractivity contribution in [1.82, 2.24) is 10.5 Å². The molecule has 132 valence electrons. The van der Waals surface area contributed by atoms with Crippen LogP contribution in [-0.4, -0.2) is 26.8 Å². The number of ether oxygens (including phenoxy) is 1. The minimum Gasteiger partial charge on any atom is -0.446 e. The van der Waals surface area contributed by atoms with Crippen LogP contribution in [0.2, 0.25) is 0 Å². The maximum atomic E-state index is 11.8. The Morgan fingerprint density at radius 1 is 1.12 bits per heavy atom. The Balaban J connectivity index is 1.38. The molecule has 3 fully saturated rings. The summed E-state index contributed by atoms with van der Waals surface area (Å²) in [5.41, 5.74) is 1.60. The Morgan fingerprint density at radius 3 is 2.92 bits per heavy atom. The van der Waals surface area contributed by atoms with Gasteiger partial charge in [-0.05, 0) is 68.1 Å². The molecular formula is C19H31BN2O2. The van der Waals surface area contributed by atoms with E-state index in [1.165, 1.54) is 44.9 Å². The number of fused-ring (bicyclic) bond motifs is 5. The van der Waals surface area contributed by atoms with Gasteiger partial charge in [0.25, 0.3) is 0 Å². The summed E-state index contributed by atoms with van der Waals surface area (Å²) in [6.45, 7) is 0.461. The summed E-state index contributed by atoms with van der Waals surface area (Å²) in [7, 11) is 1.81. The maximum Gasteiger partial charge on any atom is 0.408 e. The molecule has 0 radical (unpaired) electrons. The smallest absolute Gasteiger partial charge is 0.408 e. The number of alkyl carbamates (subject to hydrolysis) is 1. The van der Waals surface area contributed by atoms with Gasteiger partial charge in [-0.3, -0.25) is 0 Å². The zero-order valence-electron chi connectivity index (χ0n) is 14.9. The van der Waals surface area contributed by atoms with Crippen molar-refractivity contribution < 1.29 is 9.53 Å². The molecule has 5 heteroatoms.